The van der Waals surface area contributed by atoms with Gasteiger partial charge in [0.1, 0.15) is 17.9 Å². The molecule has 38 heavy (non-hydrogen) atoms. The average molecular weight is 528 g/mol. The SMILES string of the molecule is CCN(C(=O)c1cc(F)ccc1Oc1cncnc1N1CCC(O)(CNCC2CCCCC2)CC1)C(C)C. The van der Waals surface area contributed by atoms with Crippen molar-refractivity contribution in [3.63, 3.8) is 0 Å². The smallest absolute Gasteiger partial charge is 0.257 e. The number of carbonyl (C=O) groups is 1. The maximum Gasteiger partial charge on any atom is 0.257 e. The van der Waals surface area contributed by atoms with Gasteiger partial charge in [-0.05, 0) is 77.1 Å². The number of rotatable bonds is 10. The van der Waals surface area contributed by atoms with Crippen molar-refractivity contribution in [2.75, 3.05) is 37.6 Å². The monoisotopic (exact) mass is 527 g/mol. The molecule has 0 unspecified atom stereocenters. The van der Waals surface area contributed by atoms with E-state index in [2.05, 4.69) is 20.2 Å². The number of piperidine rings is 1. The van der Waals surface area contributed by atoms with Gasteiger partial charge in [0.05, 0.1) is 17.4 Å². The largest absolute Gasteiger partial charge is 0.451 e. The van der Waals surface area contributed by atoms with Crippen LogP contribution in [0.4, 0.5) is 10.2 Å². The van der Waals surface area contributed by atoms with Gasteiger partial charge in [0, 0.05) is 32.2 Å². The van der Waals surface area contributed by atoms with Gasteiger partial charge < -0.3 is 25.0 Å². The minimum Gasteiger partial charge on any atom is -0.451 e. The Labute approximate surface area is 225 Å². The summed E-state index contributed by atoms with van der Waals surface area (Å²) < 4.78 is 20.3. The van der Waals surface area contributed by atoms with Gasteiger partial charge in [-0.2, -0.15) is 0 Å². The van der Waals surface area contributed by atoms with Gasteiger partial charge in [0.2, 0.25) is 0 Å². The quantitative estimate of drug-likeness (QED) is 0.460. The Morgan fingerprint density at radius 1 is 1.24 bits per heavy atom. The lowest BCUT2D eigenvalue weighted by Gasteiger charge is -2.39. The van der Waals surface area contributed by atoms with Gasteiger partial charge in [-0.3, -0.25) is 4.79 Å². The van der Waals surface area contributed by atoms with Crippen LogP contribution in [-0.4, -0.2) is 70.2 Å². The maximum atomic E-state index is 14.2. The number of hydrogen-bond donors (Lipinski definition) is 2. The van der Waals surface area contributed by atoms with Crippen molar-refractivity contribution in [1.29, 1.82) is 0 Å². The van der Waals surface area contributed by atoms with E-state index < -0.39 is 11.4 Å². The first-order valence-electron chi connectivity index (χ1n) is 14.1. The molecule has 2 fully saturated rings. The third kappa shape index (κ3) is 6.99. The second-order valence-corrected chi connectivity index (χ2v) is 11.0. The highest BCUT2D eigenvalue weighted by Crippen LogP contribution is 2.35. The standard InChI is InChI=1S/C29H42FN5O3/c1-4-35(21(2)3)28(36)24-16-23(30)10-11-25(24)38-26-18-32-20-33-27(26)34-14-12-29(37,13-15-34)19-31-17-22-8-6-5-7-9-22/h10-11,16,18,20-22,31,37H,4-9,12-15,17,19H2,1-3H3. The Morgan fingerprint density at radius 3 is 2.66 bits per heavy atom. The van der Waals surface area contributed by atoms with Crippen LogP contribution in [0, 0.1) is 11.7 Å². The molecule has 9 heteroatoms. The molecule has 1 aliphatic heterocycles. The number of ether oxygens (including phenoxy) is 1. The van der Waals surface area contributed by atoms with E-state index in [4.69, 9.17) is 4.74 Å². The molecule has 1 saturated heterocycles. The number of nitrogens with one attached hydrogen (secondary N) is 1. The summed E-state index contributed by atoms with van der Waals surface area (Å²) in [6.45, 7) is 9.03. The van der Waals surface area contributed by atoms with Crippen LogP contribution in [0.1, 0.15) is 76.1 Å². The van der Waals surface area contributed by atoms with Crippen molar-refractivity contribution < 1.29 is 19.0 Å². The van der Waals surface area contributed by atoms with Crippen LogP contribution in [-0.2, 0) is 0 Å². The first-order valence-corrected chi connectivity index (χ1v) is 14.1. The van der Waals surface area contributed by atoms with Crippen molar-refractivity contribution in [3.8, 4) is 11.5 Å². The van der Waals surface area contributed by atoms with Gasteiger partial charge in [0.25, 0.3) is 5.91 Å². The molecule has 0 spiro atoms. The Bertz CT molecular complexity index is 1070. The first-order chi connectivity index (χ1) is 18.3. The Balaban J connectivity index is 1.43. The highest BCUT2D eigenvalue weighted by Gasteiger charge is 2.34. The molecule has 4 rings (SSSR count). The number of amides is 1. The van der Waals surface area contributed by atoms with Gasteiger partial charge in [-0.1, -0.05) is 19.3 Å². The molecule has 208 valence electrons. The molecule has 0 atom stereocenters. The zero-order valence-corrected chi connectivity index (χ0v) is 23.0. The highest BCUT2D eigenvalue weighted by molar-refractivity contribution is 5.97. The molecule has 0 bridgehead atoms. The van der Waals surface area contributed by atoms with Crippen molar-refractivity contribution in [3.05, 3.63) is 42.1 Å². The third-order valence-electron chi connectivity index (χ3n) is 7.88. The first kappa shape index (κ1) is 28.2. The van der Waals surface area contributed by atoms with Crippen molar-refractivity contribution in [2.45, 2.75) is 77.4 Å². The van der Waals surface area contributed by atoms with E-state index in [-0.39, 0.29) is 23.3 Å². The molecular weight excluding hydrogens is 485 g/mol. The van der Waals surface area contributed by atoms with E-state index in [9.17, 15) is 14.3 Å². The summed E-state index contributed by atoms with van der Waals surface area (Å²) in [4.78, 5) is 25.6. The Morgan fingerprint density at radius 2 is 1.97 bits per heavy atom. The lowest BCUT2D eigenvalue weighted by atomic mass is 9.88. The van der Waals surface area contributed by atoms with E-state index in [1.165, 1.54) is 56.6 Å². The van der Waals surface area contributed by atoms with E-state index in [0.29, 0.717) is 50.6 Å². The molecule has 2 N–H and O–H groups in total. The Kier molecular flexibility index (Phi) is 9.54. The van der Waals surface area contributed by atoms with E-state index in [1.54, 1.807) is 11.1 Å². The third-order valence-corrected chi connectivity index (χ3v) is 7.88. The predicted octanol–water partition coefficient (Wildman–Crippen LogP) is 4.78. The van der Waals surface area contributed by atoms with Crippen LogP contribution in [0.15, 0.2) is 30.7 Å². The molecule has 1 aliphatic carbocycles. The number of carbonyl (C=O) groups excluding carboxylic acids is 1. The molecule has 0 radical (unpaired) electrons. The fraction of sp³-hybridized carbons (Fsp3) is 0.621. The molecule has 2 aliphatic rings. The lowest BCUT2D eigenvalue weighted by Crippen LogP contribution is -2.50. The van der Waals surface area contributed by atoms with Gasteiger partial charge in [0.15, 0.2) is 11.6 Å². The molecular formula is C29H42FN5O3. The molecule has 2 heterocycles. The highest BCUT2D eigenvalue weighted by atomic mass is 19.1. The van der Waals surface area contributed by atoms with Crippen LogP contribution in [0.2, 0.25) is 0 Å². The fourth-order valence-electron chi connectivity index (χ4n) is 5.61. The zero-order valence-electron chi connectivity index (χ0n) is 23.0. The topological polar surface area (TPSA) is 90.8 Å². The van der Waals surface area contributed by atoms with Crippen LogP contribution < -0.4 is 15.0 Å². The Hall–Kier alpha value is -2.78. The minimum atomic E-state index is -0.754. The fourth-order valence-corrected chi connectivity index (χ4v) is 5.61. The summed E-state index contributed by atoms with van der Waals surface area (Å²) in [7, 11) is 0. The number of anilines is 1. The van der Waals surface area contributed by atoms with E-state index in [1.807, 2.05) is 20.8 Å². The molecule has 8 nitrogen and oxygen atoms in total. The summed E-state index contributed by atoms with van der Waals surface area (Å²) in [6, 6.07) is 3.93. The molecule has 1 saturated carbocycles. The average Bonchev–Trinajstić information content (AvgIpc) is 2.91. The predicted molar refractivity (Wildman–Crippen MR) is 146 cm³/mol. The summed E-state index contributed by atoms with van der Waals surface area (Å²) in [5.41, 5.74) is -0.594. The van der Waals surface area contributed by atoms with Crippen LogP contribution in [0.5, 0.6) is 11.5 Å². The van der Waals surface area contributed by atoms with Gasteiger partial charge in [-0.15, -0.1) is 0 Å². The minimum absolute atomic E-state index is 0.0384. The van der Waals surface area contributed by atoms with Gasteiger partial charge >= 0.3 is 0 Å². The van der Waals surface area contributed by atoms with Crippen LogP contribution in [0.25, 0.3) is 0 Å². The number of nitrogens with zero attached hydrogens (tertiary/aromatic N) is 4. The lowest BCUT2D eigenvalue weighted by molar-refractivity contribution is 0.0156. The molecule has 1 aromatic carbocycles. The normalized spacial score (nSPS) is 18.0. The van der Waals surface area contributed by atoms with Crippen molar-refractivity contribution >= 4 is 11.7 Å². The molecule has 2 aromatic rings. The van der Waals surface area contributed by atoms with Crippen LogP contribution >= 0.6 is 0 Å². The summed E-state index contributed by atoms with van der Waals surface area (Å²) in [5.74, 6) is 1.17. The number of halogens is 1. The maximum absolute atomic E-state index is 14.2. The van der Waals surface area contributed by atoms with E-state index >= 15 is 0 Å². The number of aromatic nitrogens is 2. The van der Waals surface area contributed by atoms with Crippen molar-refractivity contribution in [1.82, 2.24) is 20.2 Å². The summed E-state index contributed by atoms with van der Waals surface area (Å²) in [5, 5.41) is 14.7. The van der Waals surface area contributed by atoms with Crippen molar-refractivity contribution in [2.24, 2.45) is 5.92 Å². The van der Waals surface area contributed by atoms with Crippen LogP contribution in [0.3, 0.4) is 0 Å². The molecule has 1 aromatic heterocycles. The summed E-state index contributed by atoms with van der Waals surface area (Å²) in [6.07, 6.45) is 10.8. The molecule has 1 amide bonds. The zero-order chi connectivity index (χ0) is 27.1. The second kappa shape index (κ2) is 12.8. The second-order valence-electron chi connectivity index (χ2n) is 11.0. The number of aliphatic hydroxyl groups is 1. The van der Waals surface area contributed by atoms with E-state index in [0.717, 1.165) is 12.5 Å². The number of benzene rings is 1. The van der Waals surface area contributed by atoms with Gasteiger partial charge in [-0.25, -0.2) is 14.4 Å². The summed E-state index contributed by atoms with van der Waals surface area (Å²) >= 11 is 0. The number of hydrogen-bond acceptors (Lipinski definition) is 7.